The highest BCUT2D eigenvalue weighted by Crippen LogP contribution is 2.31. The van der Waals surface area contributed by atoms with E-state index in [4.69, 9.17) is 17.3 Å². The number of nitrogens with one attached hydrogen (secondary N) is 2. The Labute approximate surface area is 142 Å². The van der Waals surface area contributed by atoms with Crippen LogP contribution >= 0.6 is 11.6 Å². The Balaban J connectivity index is 2.06. The van der Waals surface area contributed by atoms with E-state index >= 15 is 0 Å². The van der Waals surface area contributed by atoms with Gasteiger partial charge in [-0.2, -0.15) is 0 Å². The number of fused-ring (bicyclic) bond motifs is 1. The topological polar surface area (TPSA) is 87.6 Å². The highest BCUT2D eigenvalue weighted by molar-refractivity contribution is 6.31. The molecular weight excluding hydrogens is 331 g/mol. The van der Waals surface area contributed by atoms with Gasteiger partial charge in [-0.15, -0.1) is 0 Å². The van der Waals surface area contributed by atoms with Gasteiger partial charge in [0.15, 0.2) is 5.82 Å². The number of aromatic nitrogens is 3. The van der Waals surface area contributed by atoms with Crippen LogP contribution in [0.3, 0.4) is 0 Å². The molecule has 0 saturated heterocycles. The van der Waals surface area contributed by atoms with Crippen molar-refractivity contribution in [1.29, 1.82) is 0 Å². The molecule has 4 N–H and O–H groups in total. The Hall–Kier alpha value is -2.44. The second kappa shape index (κ2) is 6.59. The molecule has 0 saturated carbocycles. The molecule has 0 spiro atoms. The zero-order valence-corrected chi connectivity index (χ0v) is 13.7. The summed E-state index contributed by atoms with van der Waals surface area (Å²) in [6, 6.07) is 5.01. The van der Waals surface area contributed by atoms with E-state index in [1.165, 1.54) is 6.20 Å². The molecule has 124 valence electrons. The summed E-state index contributed by atoms with van der Waals surface area (Å²) in [6.07, 6.45) is 5.92. The van der Waals surface area contributed by atoms with Gasteiger partial charge in [0.05, 0.1) is 10.7 Å². The molecule has 1 atom stereocenters. The first-order valence-corrected chi connectivity index (χ1v) is 7.81. The summed E-state index contributed by atoms with van der Waals surface area (Å²) in [5.41, 5.74) is 7.32. The Morgan fingerprint density at radius 3 is 2.92 bits per heavy atom. The van der Waals surface area contributed by atoms with E-state index in [1.807, 2.05) is 19.1 Å². The fraction of sp³-hybridized carbons (Fsp3) is 0.176. The maximum absolute atomic E-state index is 14.4. The van der Waals surface area contributed by atoms with Gasteiger partial charge in [0, 0.05) is 23.2 Å². The molecule has 2 heterocycles. The number of aromatic amines is 2. The number of hydrogen-bond acceptors (Lipinski definition) is 3. The van der Waals surface area contributed by atoms with Gasteiger partial charge in [-0.25, -0.2) is 14.2 Å². The van der Waals surface area contributed by atoms with Gasteiger partial charge in [0.25, 0.3) is 0 Å². The predicted octanol–water partition coefficient (Wildman–Crippen LogP) is 3.46. The normalized spacial score (nSPS) is 13.0. The highest BCUT2D eigenvalue weighted by atomic mass is 35.5. The minimum atomic E-state index is -0.525. The average molecular weight is 347 g/mol. The van der Waals surface area contributed by atoms with Crippen LogP contribution in [0.4, 0.5) is 4.39 Å². The van der Waals surface area contributed by atoms with Crippen molar-refractivity contribution in [2.24, 2.45) is 5.73 Å². The van der Waals surface area contributed by atoms with Crippen LogP contribution in [0.5, 0.6) is 0 Å². The summed E-state index contributed by atoms with van der Waals surface area (Å²) in [6.45, 7) is 1.91. The average Bonchev–Trinajstić information content (AvgIpc) is 2.93. The fourth-order valence-electron chi connectivity index (χ4n) is 2.41. The summed E-state index contributed by atoms with van der Waals surface area (Å²) in [5, 5.41) is 0.705. The number of nitrogens with zero attached hydrogens (tertiary/aromatic N) is 1. The van der Waals surface area contributed by atoms with Crippen LogP contribution in [-0.4, -0.2) is 21.0 Å². The third-order valence-corrected chi connectivity index (χ3v) is 3.83. The maximum atomic E-state index is 14.4. The molecule has 1 unspecified atom stereocenters. The van der Waals surface area contributed by atoms with Crippen LogP contribution in [-0.2, 0) is 0 Å². The first kappa shape index (κ1) is 16.4. The molecule has 0 bridgehead atoms. The van der Waals surface area contributed by atoms with Gasteiger partial charge in [0.2, 0.25) is 0 Å². The lowest BCUT2D eigenvalue weighted by molar-refractivity contribution is 0.631. The Morgan fingerprint density at radius 2 is 2.17 bits per heavy atom. The highest BCUT2D eigenvalue weighted by Gasteiger charge is 2.13. The summed E-state index contributed by atoms with van der Waals surface area (Å²) >= 11 is 6.02. The van der Waals surface area contributed by atoms with E-state index in [-0.39, 0.29) is 11.1 Å². The zero-order chi connectivity index (χ0) is 17.3. The van der Waals surface area contributed by atoms with Crippen molar-refractivity contribution in [2.45, 2.75) is 19.4 Å². The Kier molecular flexibility index (Phi) is 4.51. The van der Waals surface area contributed by atoms with Crippen molar-refractivity contribution in [3.05, 3.63) is 57.4 Å². The lowest BCUT2D eigenvalue weighted by Gasteiger charge is -2.05. The van der Waals surface area contributed by atoms with E-state index in [0.29, 0.717) is 28.7 Å². The summed E-state index contributed by atoms with van der Waals surface area (Å²) < 4.78 is 14.4. The fourth-order valence-corrected chi connectivity index (χ4v) is 2.64. The molecule has 0 amide bonds. The van der Waals surface area contributed by atoms with Crippen molar-refractivity contribution >= 4 is 28.7 Å². The van der Waals surface area contributed by atoms with Crippen LogP contribution in [0.2, 0.25) is 5.02 Å². The van der Waals surface area contributed by atoms with E-state index < -0.39 is 11.5 Å². The van der Waals surface area contributed by atoms with E-state index in [2.05, 4.69) is 15.0 Å². The van der Waals surface area contributed by atoms with Crippen molar-refractivity contribution in [2.75, 3.05) is 0 Å². The maximum Gasteiger partial charge on any atom is 0.346 e. The summed E-state index contributed by atoms with van der Waals surface area (Å²) in [4.78, 5) is 20.5. The largest absolute Gasteiger partial charge is 0.346 e. The molecule has 0 radical (unpaired) electrons. The van der Waals surface area contributed by atoms with Crippen LogP contribution in [0.1, 0.15) is 18.9 Å². The second-order valence-electron chi connectivity index (χ2n) is 5.68. The quantitative estimate of drug-likeness (QED) is 0.676. The number of H-pyrrole nitrogens is 2. The van der Waals surface area contributed by atoms with E-state index in [9.17, 15) is 9.18 Å². The molecule has 3 rings (SSSR count). The SMILES string of the molecule is CC(N)C/C=C/c1cc(Cl)c(F)c(-c2cc3cnc(=O)[nH]c3[nH]2)c1. The number of benzene rings is 1. The zero-order valence-electron chi connectivity index (χ0n) is 12.9. The third kappa shape index (κ3) is 3.39. The molecular formula is C17H16ClFN4O. The van der Waals surface area contributed by atoms with Gasteiger partial charge in [-0.1, -0.05) is 23.8 Å². The molecule has 5 nitrogen and oxygen atoms in total. The number of halogens is 2. The van der Waals surface area contributed by atoms with Crippen molar-refractivity contribution < 1.29 is 4.39 Å². The molecule has 2 aromatic heterocycles. The first-order valence-electron chi connectivity index (χ1n) is 7.43. The number of rotatable bonds is 4. The van der Waals surface area contributed by atoms with Crippen molar-refractivity contribution in [3.63, 3.8) is 0 Å². The van der Waals surface area contributed by atoms with Crippen LogP contribution in [0, 0.1) is 5.82 Å². The van der Waals surface area contributed by atoms with Crippen molar-refractivity contribution in [1.82, 2.24) is 15.0 Å². The van der Waals surface area contributed by atoms with Gasteiger partial charge < -0.3 is 10.7 Å². The first-order chi connectivity index (χ1) is 11.4. The van der Waals surface area contributed by atoms with E-state index in [0.717, 1.165) is 5.56 Å². The lowest BCUT2D eigenvalue weighted by Crippen LogP contribution is -2.12. The number of hydrogen-bond donors (Lipinski definition) is 3. The van der Waals surface area contributed by atoms with Gasteiger partial charge >= 0.3 is 5.69 Å². The molecule has 7 heteroatoms. The van der Waals surface area contributed by atoms with Gasteiger partial charge in [-0.3, -0.25) is 4.98 Å². The van der Waals surface area contributed by atoms with Crippen LogP contribution < -0.4 is 11.4 Å². The van der Waals surface area contributed by atoms with Crippen molar-refractivity contribution in [3.8, 4) is 11.3 Å². The molecule has 0 fully saturated rings. The Bertz CT molecular complexity index is 974. The third-order valence-electron chi connectivity index (χ3n) is 3.56. The minimum absolute atomic E-state index is 0.0261. The predicted molar refractivity (Wildman–Crippen MR) is 94.4 cm³/mol. The standard InChI is InChI=1S/C17H16ClFN4O/c1-9(20)3-2-4-10-5-12(15(19)13(18)6-10)14-7-11-8-21-17(24)23-16(11)22-14/h2,4-9H,3,20H2,1H3,(H2,21,22,23,24)/b4-2+. The van der Waals surface area contributed by atoms with Gasteiger partial charge in [-0.05, 0) is 37.1 Å². The monoisotopic (exact) mass is 346 g/mol. The van der Waals surface area contributed by atoms with E-state index in [1.54, 1.807) is 18.2 Å². The molecule has 0 aliphatic carbocycles. The Morgan fingerprint density at radius 1 is 1.38 bits per heavy atom. The molecule has 1 aromatic carbocycles. The van der Waals surface area contributed by atoms with Crippen LogP contribution in [0.25, 0.3) is 28.4 Å². The molecule has 0 aliphatic heterocycles. The lowest BCUT2D eigenvalue weighted by atomic mass is 10.1. The smallest absolute Gasteiger partial charge is 0.341 e. The molecule has 0 aliphatic rings. The van der Waals surface area contributed by atoms with Gasteiger partial charge in [0.1, 0.15) is 5.65 Å². The molecule has 24 heavy (non-hydrogen) atoms. The second-order valence-corrected chi connectivity index (χ2v) is 6.09. The summed E-state index contributed by atoms with van der Waals surface area (Å²) in [7, 11) is 0. The van der Waals surface area contributed by atoms with Crippen LogP contribution in [0.15, 0.2) is 35.3 Å². The minimum Gasteiger partial charge on any atom is -0.341 e. The number of nitrogens with two attached hydrogens (primary N) is 1. The summed E-state index contributed by atoms with van der Waals surface area (Å²) in [5.74, 6) is -0.525. The molecule has 3 aromatic rings.